The molecule has 1 aromatic carbocycles. The lowest BCUT2D eigenvalue weighted by Gasteiger charge is -2.04. The third-order valence-corrected chi connectivity index (χ3v) is 3.02. The third-order valence-electron chi connectivity index (χ3n) is 2.72. The number of nitrogens with zero attached hydrogens (tertiary/aromatic N) is 1. The van der Waals surface area contributed by atoms with Crippen LogP contribution >= 0.6 is 11.6 Å². The van der Waals surface area contributed by atoms with Crippen LogP contribution in [0.2, 0.25) is 5.02 Å². The molecule has 0 radical (unpaired) electrons. The smallest absolute Gasteiger partial charge is 0.260 e. The molecule has 3 rings (SSSR count). The molecule has 0 unspecified atom stereocenters. The first kappa shape index (κ1) is 11.7. The number of halogens is 1. The van der Waals surface area contributed by atoms with Gasteiger partial charge in [0, 0.05) is 11.6 Å². The summed E-state index contributed by atoms with van der Waals surface area (Å²) >= 11 is 5.95. The second-order valence-electron chi connectivity index (χ2n) is 3.93. The fourth-order valence-corrected chi connectivity index (χ4v) is 1.97. The number of furan rings is 1. The summed E-state index contributed by atoms with van der Waals surface area (Å²) in [6.07, 6.45) is 2.99. The first-order valence-electron chi connectivity index (χ1n) is 5.64. The van der Waals surface area contributed by atoms with Crippen molar-refractivity contribution in [2.75, 3.05) is 5.32 Å². The molecule has 2 heterocycles. The van der Waals surface area contributed by atoms with E-state index in [1.165, 1.54) is 6.26 Å². The summed E-state index contributed by atoms with van der Waals surface area (Å²) in [5.41, 5.74) is 1.12. The molecule has 0 bridgehead atoms. The van der Waals surface area contributed by atoms with Crippen LogP contribution in [0, 0.1) is 0 Å². The number of pyridine rings is 1. The molecule has 2 aromatic heterocycles. The van der Waals surface area contributed by atoms with Gasteiger partial charge in [-0.1, -0.05) is 29.8 Å². The highest BCUT2D eigenvalue weighted by Gasteiger charge is 2.14. The molecule has 1 amide bonds. The second-order valence-corrected chi connectivity index (χ2v) is 4.34. The maximum absolute atomic E-state index is 12.2. The predicted octanol–water partition coefficient (Wildman–Crippen LogP) is 3.73. The molecule has 0 atom stereocenters. The number of rotatable bonds is 2. The molecule has 1 N–H and O–H groups in total. The van der Waals surface area contributed by atoms with Gasteiger partial charge in [0.25, 0.3) is 5.91 Å². The number of aromatic nitrogens is 1. The monoisotopic (exact) mass is 272 g/mol. The maximum Gasteiger partial charge on any atom is 0.260 e. The van der Waals surface area contributed by atoms with Gasteiger partial charge in [0.1, 0.15) is 11.8 Å². The van der Waals surface area contributed by atoms with Crippen molar-refractivity contribution in [3.05, 3.63) is 59.4 Å². The van der Waals surface area contributed by atoms with Gasteiger partial charge in [-0.2, -0.15) is 0 Å². The van der Waals surface area contributed by atoms with E-state index in [1.54, 1.807) is 24.4 Å². The zero-order valence-corrected chi connectivity index (χ0v) is 10.5. The van der Waals surface area contributed by atoms with E-state index in [4.69, 9.17) is 16.0 Å². The summed E-state index contributed by atoms with van der Waals surface area (Å²) in [6.45, 7) is 0. The largest absolute Gasteiger partial charge is 0.463 e. The van der Waals surface area contributed by atoms with E-state index in [0.717, 1.165) is 5.39 Å². The molecular formula is C14H9ClN2O2. The van der Waals surface area contributed by atoms with Crippen LogP contribution in [0.15, 0.2) is 53.3 Å². The van der Waals surface area contributed by atoms with Crippen molar-refractivity contribution in [1.82, 2.24) is 4.98 Å². The Labute approximate surface area is 114 Å². The number of nitrogens with one attached hydrogen (secondary N) is 1. The third kappa shape index (κ3) is 2.18. The van der Waals surface area contributed by atoms with Gasteiger partial charge in [0.15, 0.2) is 5.82 Å². The van der Waals surface area contributed by atoms with Crippen LogP contribution in [0.1, 0.15) is 10.4 Å². The van der Waals surface area contributed by atoms with Crippen molar-refractivity contribution < 1.29 is 9.21 Å². The molecule has 4 nitrogen and oxygen atoms in total. The SMILES string of the molecule is O=C(Nc1ncccc1Cl)c1coc2ccccc12. The van der Waals surface area contributed by atoms with E-state index in [1.807, 2.05) is 18.2 Å². The minimum Gasteiger partial charge on any atom is -0.463 e. The number of hydrogen-bond acceptors (Lipinski definition) is 3. The Morgan fingerprint density at radius 3 is 2.89 bits per heavy atom. The summed E-state index contributed by atoms with van der Waals surface area (Å²) in [6, 6.07) is 10.7. The molecule has 94 valence electrons. The molecule has 0 saturated heterocycles. The number of carbonyl (C=O) groups is 1. The first-order valence-corrected chi connectivity index (χ1v) is 6.01. The molecule has 0 aliphatic heterocycles. The molecule has 19 heavy (non-hydrogen) atoms. The molecule has 0 fully saturated rings. The first-order chi connectivity index (χ1) is 9.25. The highest BCUT2D eigenvalue weighted by atomic mass is 35.5. The molecule has 3 aromatic rings. The second kappa shape index (κ2) is 4.74. The number of hydrogen-bond donors (Lipinski definition) is 1. The van der Waals surface area contributed by atoms with Gasteiger partial charge in [0.05, 0.1) is 10.6 Å². The molecule has 0 aliphatic carbocycles. The van der Waals surface area contributed by atoms with Crippen molar-refractivity contribution >= 4 is 34.3 Å². The summed E-state index contributed by atoms with van der Waals surface area (Å²) in [5, 5.41) is 3.81. The topological polar surface area (TPSA) is 55.1 Å². The molecule has 0 aliphatic rings. The normalized spacial score (nSPS) is 10.6. The number of anilines is 1. The van der Waals surface area contributed by atoms with Gasteiger partial charge in [-0.05, 0) is 18.2 Å². The Hall–Kier alpha value is -2.33. The highest BCUT2D eigenvalue weighted by Crippen LogP contribution is 2.23. The summed E-state index contributed by atoms with van der Waals surface area (Å²) in [4.78, 5) is 16.2. The summed E-state index contributed by atoms with van der Waals surface area (Å²) < 4.78 is 5.32. The van der Waals surface area contributed by atoms with E-state index in [0.29, 0.717) is 22.0 Å². The average Bonchev–Trinajstić information content (AvgIpc) is 2.85. The standard InChI is InChI=1S/C14H9ClN2O2/c15-11-5-3-7-16-13(11)17-14(18)10-8-19-12-6-2-1-4-9(10)12/h1-8H,(H,16,17,18). The fourth-order valence-electron chi connectivity index (χ4n) is 1.81. The molecular weight excluding hydrogens is 264 g/mol. The van der Waals surface area contributed by atoms with Crippen LogP contribution in [-0.2, 0) is 0 Å². The average molecular weight is 273 g/mol. The number of benzene rings is 1. The Bertz CT molecular complexity index is 752. The Morgan fingerprint density at radius 1 is 1.21 bits per heavy atom. The van der Waals surface area contributed by atoms with E-state index >= 15 is 0 Å². The van der Waals surface area contributed by atoms with Crippen molar-refractivity contribution in [1.29, 1.82) is 0 Å². The van der Waals surface area contributed by atoms with E-state index in [-0.39, 0.29) is 5.91 Å². The quantitative estimate of drug-likeness (QED) is 0.773. The van der Waals surface area contributed by atoms with Gasteiger partial charge in [0.2, 0.25) is 0 Å². The lowest BCUT2D eigenvalue weighted by atomic mass is 10.1. The van der Waals surface area contributed by atoms with Gasteiger partial charge >= 0.3 is 0 Å². The maximum atomic E-state index is 12.2. The van der Waals surface area contributed by atoms with Crippen molar-refractivity contribution in [3.63, 3.8) is 0 Å². The lowest BCUT2D eigenvalue weighted by Crippen LogP contribution is -2.12. The number of amides is 1. The van der Waals surface area contributed by atoms with E-state index < -0.39 is 0 Å². The molecule has 0 saturated carbocycles. The van der Waals surface area contributed by atoms with Crippen molar-refractivity contribution in [2.24, 2.45) is 0 Å². The number of carbonyl (C=O) groups excluding carboxylic acids is 1. The van der Waals surface area contributed by atoms with Crippen LogP contribution in [-0.4, -0.2) is 10.9 Å². The van der Waals surface area contributed by atoms with Gasteiger partial charge in [-0.25, -0.2) is 4.98 Å². The number of fused-ring (bicyclic) bond motifs is 1. The van der Waals surface area contributed by atoms with Gasteiger partial charge in [-0.15, -0.1) is 0 Å². The van der Waals surface area contributed by atoms with E-state index in [2.05, 4.69) is 10.3 Å². The van der Waals surface area contributed by atoms with Crippen LogP contribution in [0.4, 0.5) is 5.82 Å². The predicted molar refractivity (Wildman–Crippen MR) is 73.4 cm³/mol. The van der Waals surface area contributed by atoms with Crippen molar-refractivity contribution in [2.45, 2.75) is 0 Å². The number of para-hydroxylation sites is 1. The van der Waals surface area contributed by atoms with E-state index in [9.17, 15) is 4.79 Å². The van der Waals surface area contributed by atoms with Crippen LogP contribution in [0.3, 0.4) is 0 Å². The zero-order valence-electron chi connectivity index (χ0n) is 9.76. The summed E-state index contributed by atoms with van der Waals surface area (Å²) in [5.74, 6) is 0.0324. The Kier molecular flexibility index (Phi) is 2.93. The minimum absolute atomic E-state index is 0.300. The summed E-state index contributed by atoms with van der Waals surface area (Å²) in [7, 11) is 0. The Balaban J connectivity index is 1.95. The van der Waals surface area contributed by atoms with Crippen LogP contribution < -0.4 is 5.32 Å². The van der Waals surface area contributed by atoms with Gasteiger partial charge in [-0.3, -0.25) is 4.79 Å². The zero-order chi connectivity index (χ0) is 13.2. The molecule has 5 heteroatoms. The van der Waals surface area contributed by atoms with Crippen LogP contribution in [0.25, 0.3) is 11.0 Å². The Morgan fingerprint density at radius 2 is 2.05 bits per heavy atom. The highest BCUT2D eigenvalue weighted by molar-refractivity contribution is 6.33. The fraction of sp³-hybridized carbons (Fsp3) is 0. The van der Waals surface area contributed by atoms with Gasteiger partial charge < -0.3 is 9.73 Å². The minimum atomic E-state index is -0.300. The van der Waals surface area contributed by atoms with Crippen LogP contribution in [0.5, 0.6) is 0 Å². The molecule has 0 spiro atoms. The van der Waals surface area contributed by atoms with Crippen molar-refractivity contribution in [3.8, 4) is 0 Å². The lowest BCUT2D eigenvalue weighted by molar-refractivity contribution is 0.102.